The first kappa shape index (κ1) is 11.9. The first-order valence-corrected chi connectivity index (χ1v) is 5.76. The molecule has 0 saturated heterocycles. The van der Waals surface area contributed by atoms with Gasteiger partial charge in [0.2, 0.25) is 10.0 Å². The Morgan fingerprint density at radius 2 is 2.20 bits per heavy atom. The van der Waals surface area contributed by atoms with E-state index in [1.807, 2.05) is 0 Å². The van der Waals surface area contributed by atoms with Gasteiger partial charge in [0.1, 0.15) is 12.4 Å². The molecule has 0 heterocycles. The molecule has 0 atom stereocenters. The average molecular weight is 246 g/mol. The minimum absolute atomic E-state index is 0.0639. The van der Waals surface area contributed by atoms with E-state index < -0.39 is 10.0 Å². The summed E-state index contributed by atoms with van der Waals surface area (Å²) < 4.78 is 27.0. The van der Waals surface area contributed by atoms with Gasteiger partial charge in [0.15, 0.2) is 0 Å². The van der Waals surface area contributed by atoms with E-state index in [1.54, 1.807) is 0 Å². The van der Waals surface area contributed by atoms with E-state index in [1.165, 1.54) is 18.2 Å². The van der Waals surface area contributed by atoms with Gasteiger partial charge in [-0.15, -0.1) is 6.42 Å². The first-order valence-electron chi connectivity index (χ1n) is 3.84. The Morgan fingerprint density at radius 1 is 1.53 bits per heavy atom. The predicted octanol–water partition coefficient (Wildman–Crippen LogP) is 0.999. The maximum atomic E-state index is 11.0. The smallest absolute Gasteiger partial charge is 0.238 e. The van der Waals surface area contributed by atoms with Crippen molar-refractivity contribution >= 4 is 21.6 Å². The lowest BCUT2D eigenvalue weighted by Crippen LogP contribution is -2.12. The minimum atomic E-state index is -3.74. The lowest BCUT2D eigenvalue weighted by atomic mass is 10.3. The number of hydrogen-bond donors (Lipinski definition) is 1. The van der Waals surface area contributed by atoms with Crippen LogP contribution < -0.4 is 9.88 Å². The van der Waals surface area contributed by atoms with Crippen molar-refractivity contribution in [1.29, 1.82) is 0 Å². The number of nitrogens with two attached hydrogens (primary N) is 1. The third-order valence-corrected chi connectivity index (χ3v) is 2.75. The molecule has 6 heteroatoms. The largest absolute Gasteiger partial charge is 0.479 e. The number of benzene rings is 1. The van der Waals surface area contributed by atoms with E-state index >= 15 is 0 Å². The molecule has 1 aromatic rings. The summed E-state index contributed by atoms with van der Waals surface area (Å²) in [5, 5.41) is 5.07. The Labute approximate surface area is 93.0 Å². The van der Waals surface area contributed by atoms with Gasteiger partial charge in [-0.3, -0.25) is 0 Å². The van der Waals surface area contributed by atoms with Crippen LogP contribution in [0.5, 0.6) is 5.75 Å². The van der Waals surface area contributed by atoms with Crippen LogP contribution in [-0.4, -0.2) is 15.0 Å². The fourth-order valence-corrected chi connectivity index (χ4v) is 1.73. The lowest BCUT2D eigenvalue weighted by molar-refractivity contribution is 0.370. The summed E-state index contributed by atoms with van der Waals surface area (Å²) in [7, 11) is -3.74. The SMILES string of the molecule is C#CCOc1ccc(S(N)(=O)=O)cc1Cl. The van der Waals surface area contributed by atoms with E-state index in [0.717, 1.165) is 0 Å². The summed E-state index contributed by atoms with van der Waals surface area (Å²) in [6, 6.07) is 3.91. The molecular formula is C9H8ClNO3S. The zero-order chi connectivity index (χ0) is 11.5. The van der Waals surface area contributed by atoms with Crippen molar-refractivity contribution in [3.63, 3.8) is 0 Å². The van der Waals surface area contributed by atoms with E-state index in [-0.39, 0.29) is 16.5 Å². The summed E-state index contributed by atoms with van der Waals surface area (Å²) in [6.45, 7) is 0.0639. The van der Waals surface area contributed by atoms with Crippen molar-refractivity contribution in [1.82, 2.24) is 0 Å². The molecule has 0 bridgehead atoms. The Morgan fingerprint density at radius 3 is 2.67 bits per heavy atom. The van der Waals surface area contributed by atoms with Gasteiger partial charge in [0.25, 0.3) is 0 Å². The standard InChI is InChI=1S/C9H8ClNO3S/c1-2-5-14-9-4-3-7(6-8(9)10)15(11,12)13/h1,3-4,6H,5H2,(H2,11,12,13). The highest BCUT2D eigenvalue weighted by molar-refractivity contribution is 7.89. The number of terminal acetylenes is 1. The van der Waals surface area contributed by atoms with Crippen LogP contribution in [0.1, 0.15) is 0 Å². The minimum Gasteiger partial charge on any atom is -0.479 e. The number of sulfonamides is 1. The molecule has 0 radical (unpaired) electrons. The molecule has 0 aliphatic rings. The van der Waals surface area contributed by atoms with Crippen LogP contribution in [0.2, 0.25) is 5.02 Å². The van der Waals surface area contributed by atoms with Gasteiger partial charge < -0.3 is 4.74 Å². The Balaban J connectivity index is 3.05. The van der Waals surface area contributed by atoms with Crippen LogP contribution in [0.15, 0.2) is 23.1 Å². The van der Waals surface area contributed by atoms with Crippen molar-refractivity contribution in [2.75, 3.05) is 6.61 Å². The van der Waals surface area contributed by atoms with Gasteiger partial charge in [0.05, 0.1) is 9.92 Å². The molecule has 0 aliphatic heterocycles. The van der Waals surface area contributed by atoms with E-state index in [9.17, 15) is 8.42 Å². The highest BCUT2D eigenvalue weighted by atomic mass is 35.5. The van der Waals surface area contributed by atoms with Gasteiger partial charge in [-0.1, -0.05) is 17.5 Å². The second-order valence-corrected chi connectivity index (χ2v) is 4.60. The summed E-state index contributed by atoms with van der Waals surface area (Å²) in [6.07, 6.45) is 4.99. The summed E-state index contributed by atoms with van der Waals surface area (Å²) >= 11 is 5.76. The summed E-state index contributed by atoms with van der Waals surface area (Å²) in [5.41, 5.74) is 0. The van der Waals surface area contributed by atoms with Crippen LogP contribution in [0.4, 0.5) is 0 Å². The Kier molecular flexibility index (Phi) is 3.58. The van der Waals surface area contributed by atoms with E-state index in [4.69, 9.17) is 27.9 Å². The number of halogens is 1. The molecular weight excluding hydrogens is 238 g/mol. The van der Waals surface area contributed by atoms with Gasteiger partial charge in [-0.2, -0.15) is 0 Å². The molecule has 0 spiro atoms. The van der Waals surface area contributed by atoms with E-state index in [0.29, 0.717) is 5.75 Å². The number of ether oxygens (including phenoxy) is 1. The number of hydrogen-bond acceptors (Lipinski definition) is 3. The van der Waals surface area contributed by atoms with Crippen molar-refractivity contribution in [2.45, 2.75) is 4.90 Å². The zero-order valence-corrected chi connectivity index (χ0v) is 9.18. The van der Waals surface area contributed by atoms with Gasteiger partial charge in [0, 0.05) is 0 Å². The van der Waals surface area contributed by atoms with Crippen molar-refractivity contribution in [2.24, 2.45) is 5.14 Å². The van der Waals surface area contributed by atoms with Gasteiger partial charge >= 0.3 is 0 Å². The van der Waals surface area contributed by atoms with Crippen molar-refractivity contribution in [3.05, 3.63) is 23.2 Å². The molecule has 4 nitrogen and oxygen atoms in total. The second-order valence-electron chi connectivity index (χ2n) is 2.63. The molecule has 0 saturated carbocycles. The molecule has 80 valence electrons. The molecule has 0 amide bonds. The molecule has 15 heavy (non-hydrogen) atoms. The first-order chi connectivity index (χ1) is 6.95. The predicted molar refractivity (Wildman–Crippen MR) is 57.2 cm³/mol. The normalized spacial score (nSPS) is 10.7. The monoisotopic (exact) mass is 245 g/mol. The topological polar surface area (TPSA) is 69.4 Å². The molecule has 0 unspecified atom stereocenters. The Hall–Kier alpha value is -1.22. The highest BCUT2D eigenvalue weighted by Gasteiger charge is 2.10. The molecule has 2 N–H and O–H groups in total. The van der Waals surface area contributed by atoms with Crippen molar-refractivity contribution in [3.8, 4) is 18.1 Å². The zero-order valence-electron chi connectivity index (χ0n) is 7.60. The van der Waals surface area contributed by atoms with Crippen LogP contribution in [0.25, 0.3) is 0 Å². The van der Waals surface area contributed by atoms with Crippen LogP contribution >= 0.6 is 11.6 Å². The Bertz CT molecular complexity index is 505. The number of rotatable bonds is 3. The van der Waals surface area contributed by atoms with Crippen LogP contribution in [-0.2, 0) is 10.0 Å². The molecule has 1 aromatic carbocycles. The summed E-state index contributed by atoms with van der Waals surface area (Å²) in [4.78, 5) is -0.0689. The van der Waals surface area contributed by atoms with Crippen molar-refractivity contribution < 1.29 is 13.2 Å². The lowest BCUT2D eigenvalue weighted by Gasteiger charge is -2.05. The highest BCUT2D eigenvalue weighted by Crippen LogP contribution is 2.26. The second kappa shape index (κ2) is 4.53. The third-order valence-electron chi connectivity index (χ3n) is 1.54. The summed E-state index contributed by atoms with van der Waals surface area (Å²) in [5.74, 6) is 2.59. The van der Waals surface area contributed by atoms with Gasteiger partial charge in [-0.25, -0.2) is 13.6 Å². The van der Waals surface area contributed by atoms with Crippen LogP contribution in [0, 0.1) is 12.3 Å². The van der Waals surface area contributed by atoms with Gasteiger partial charge in [-0.05, 0) is 18.2 Å². The third kappa shape index (κ3) is 3.13. The molecule has 0 aliphatic carbocycles. The van der Waals surface area contributed by atoms with Crippen LogP contribution in [0.3, 0.4) is 0 Å². The fourth-order valence-electron chi connectivity index (χ4n) is 0.895. The fraction of sp³-hybridized carbons (Fsp3) is 0.111. The maximum absolute atomic E-state index is 11.0. The average Bonchev–Trinajstić information content (AvgIpc) is 2.14. The molecule has 1 rings (SSSR count). The van der Waals surface area contributed by atoms with E-state index in [2.05, 4.69) is 5.92 Å². The maximum Gasteiger partial charge on any atom is 0.238 e. The molecule has 0 fully saturated rings. The number of primary sulfonamides is 1. The quantitative estimate of drug-likeness (QED) is 0.808. The molecule has 0 aromatic heterocycles.